The largest absolute Gasteiger partial charge is 0.460 e. The first-order valence-electron chi connectivity index (χ1n) is 5.91. The van der Waals surface area contributed by atoms with Gasteiger partial charge in [-0.25, -0.2) is 8.78 Å². The van der Waals surface area contributed by atoms with E-state index in [-0.39, 0.29) is 13.0 Å². The van der Waals surface area contributed by atoms with Crippen molar-refractivity contribution < 1.29 is 49.1 Å². The molecule has 2 N–H and O–H groups in total. The molecular weight excluding hydrogens is 351 g/mol. The summed E-state index contributed by atoms with van der Waals surface area (Å²) in [4.78, 5) is 22.5. The van der Waals surface area contributed by atoms with Crippen LogP contribution in [0.3, 0.4) is 0 Å². The molecule has 0 aromatic carbocycles. The Labute approximate surface area is 122 Å². The van der Waals surface area contributed by atoms with Gasteiger partial charge in [-0.2, -0.15) is 30.7 Å². The summed E-state index contributed by atoms with van der Waals surface area (Å²) in [6.45, 7) is -0.154. The topological polar surface area (TPSA) is 58.2 Å². The smallest absolute Gasteiger partial charge is 0.354 e. The lowest BCUT2D eigenvalue weighted by molar-refractivity contribution is -0.344. The molecule has 23 heavy (non-hydrogen) atoms. The lowest BCUT2D eigenvalue weighted by atomic mass is 9.89. The van der Waals surface area contributed by atoms with Gasteiger partial charge in [0.25, 0.3) is 18.2 Å². The second-order valence-corrected chi connectivity index (χ2v) is 4.73. The van der Waals surface area contributed by atoms with Crippen LogP contribution in [0.15, 0.2) is 0 Å². The van der Waals surface area contributed by atoms with Gasteiger partial charge in [0, 0.05) is 6.54 Å². The lowest BCUT2D eigenvalue weighted by Gasteiger charge is -2.37. The average molecular weight is 360 g/mol. The zero-order chi connectivity index (χ0) is 18.3. The van der Waals surface area contributed by atoms with Crippen LogP contribution in [0, 0.1) is 0 Å². The van der Waals surface area contributed by atoms with Gasteiger partial charge in [-0.1, -0.05) is 0 Å². The van der Waals surface area contributed by atoms with Crippen LogP contribution < -0.4 is 10.6 Å². The van der Waals surface area contributed by atoms with Crippen molar-refractivity contribution >= 4 is 11.8 Å². The van der Waals surface area contributed by atoms with E-state index in [1.165, 1.54) is 0 Å². The summed E-state index contributed by atoms with van der Waals surface area (Å²) in [6, 6.07) is 0. The zero-order valence-corrected chi connectivity index (χ0v) is 10.9. The van der Waals surface area contributed by atoms with Crippen molar-refractivity contribution in [2.45, 2.75) is 42.8 Å². The maximum atomic E-state index is 13.1. The number of alkyl halides is 9. The molecule has 0 saturated carbocycles. The van der Waals surface area contributed by atoms with Gasteiger partial charge in [0.15, 0.2) is 5.54 Å². The van der Waals surface area contributed by atoms with Crippen molar-refractivity contribution in [2.75, 3.05) is 6.54 Å². The van der Waals surface area contributed by atoms with E-state index in [0.29, 0.717) is 5.32 Å². The first kappa shape index (κ1) is 19.4. The van der Waals surface area contributed by atoms with E-state index in [0.717, 1.165) is 0 Å². The van der Waals surface area contributed by atoms with Gasteiger partial charge in [-0.15, -0.1) is 0 Å². The van der Waals surface area contributed by atoms with Gasteiger partial charge < -0.3 is 10.6 Å². The summed E-state index contributed by atoms with van der Waals surface area (Å²) in [7, 11) is 0. The van der Waals surface area contributed by atoms with Crippen molar-refractivity contribution in [1.82, 2.24) is 10.6 Å². The van der Waals surface area contributed by atoms with Crippen molar-refractivity contribution in [3.8, 4) is 0 Å². The third kappa shape index (κ3) is 3.04. The van der Waals surface area contributed by atoms with Gasteiger partial charge in [-0.05, 0) is 12.8 Å². The highest BCUT2D eigenvalue weighted by Crippen LogP contribution is 2.47. The number of hydrogen-bond acceptors (Lipinski definition) is 2. The van der Waals surface area contributed by atoms with Crippen LogP contribution >= 0.6 is 0 Å². The fraction of sp³-hybridized carbons (Fsp3) is 0.800. The van der Waals surface area contributed by atoms with Crippen LogP contribution in [-0.4, -0.2) is 48.3 Å². The molecule has 1 atom stereocenters. The minimum Gasteiger partial charge on any atom is -0.354 e. The molecule has 2 amide bonds. The summed E-state index contributed by atoms with van der Waals surface area (Å²) < 4.78 is 114. The molecule has 1 aliphatic heterocycles. The van der Waals surface area contributed by atoms with E-state index in [9.17, 15) is 49.1 Å². The third-order valence-electron chi connectivity index (χ3n) is 3.18. The molecule has 0 radical (unpaired) electrons. The van der Waals surface area contributed by atoms with Crippen LogP contribution in [-0.2, 0) is 9.59 Å². The van der Waals surface area contributed by atoms with Crippen LogP contribution in [0.25, 0.3) is 0 Å². The number of carbonyl (C=O) groups excluding carboxylic acids is 2. The molecule has 1 saturated heterocycles. The Morgan fingerprint density at radius 2 is 1.65 bits per heavy atom. The Balaban J connectivity index is 3.15. The van der Waals surface area contributed by atoms with E-state index in [1.54, 1.807) is 5.32 Å². The number of halogens is 9. The normalized spacial score (nSPS) is 23.7. The fourth-order valence-electron chi connectivity index (χ4n) is 1.82. The van der Waals surface area contributed by atoms with E-state index in [2.05, 4.69) is 0 Å². The molecule has 1 unspecified atom stereocenters. The second-order valence-electron chi connectivity index (χ2n) is 4.73. The van der Waals surface area contributed by atoms with E-state index >= 15 is 0 Å². The van der Waals surface area contributed by atoms with Crippen molar-refractivity contribution in [2.24, 2.45) is 0 Å². The molecule has 13 heteroatoms. The van der Waals surface area contributed by atoms with Crippen molar-refractivity contribution in [3.63, 3.8) is 0 Å². The molecule has 4 nitrogen and oxygen atoms in total. The zero-order valence-electron chi connectivity index (χ0n) is 10.9. The predicted molar refractivity (Wildman–Crippen MR) is 55.1 cm³/mol. The molecule has 0 aromatic rings. The minimum absolute atomic E-state index is 0.154. The summed E-state index contributed by atoms with van der Waals surface area (Å²) in [5.41, 5.74) is -3.31. The maximum Gasteiger partial charge on any atom is 0.460 e. The quantitative estimate of drug-likeness (QED) is 0.752. The molecule has 0 aromatic heterocycles. The number of carbonyl (C=O) groups is 2. The number of nitrogens with one attached hydrogen (secondary N) is 2. The number of rotatable bonds is 4. The Morgan fingerprint density at radius 3 is 2.04 bits per heavy atom. The molecular formula is C10H9F9N2O2. The van der Waals surface area contributed by atoms with Crippen LogP contribution in [0.4, 0.5) is 39.5 Å². The molecule has 134 valence electrons. The molecule has 0 aliphatic carbocycles. The molecule has 1 rings (SSSR count). The summed E-state index contributed by atoms with van der Waals surface area (Å²) in [5, 5.41) is 2.46. The lowest BCUT2D eigenvalue weighted by Crippen LogP contribution is -2.70. The standard InChI is InChI=1S/C10H9F9N2O2/c11-4(12)7(2-1-3-20-5(7)22)21-6(23)8(13,14)9(15,16)10(17,18)19/h4H,1-3H2,(H,20,22)(H,21,23). The van der Waals surface area contributed by atoms with E-state index in [1.807, 2.05) is 0 Å². The predicted octanol–water partition coefficient (Wildman–Crippen LogP) is 1.85. The number of piperidine rings is 1. The van der Waals surface area contributed by atoms with Crippen molar-refractivity contribution in [3.05, 3.63) is 0 Å². The Bertz CT molecular complexity index is 491. The average Bonchev–Trinajstić information content (AvgIpc) is 2.39. The Morgan fingerprint density at radius 1 is 1.13 bits per heavy atom. The summed E-state index contributed by atoms with van der Waals surface area (Å²) in [6.07, 6.45) is -11.8. The molecule has 1 fully saturated rings. The SMILES string of the molecule is O=C1NCCCC1(NC(=O)C(F)(F)C(F)(F)C(F)(F)F)C(F)F. The van der Waals surface area contributed by atoms with Crippen molar-refractivity contribution in [1.29, 1.82) is 0 Å². The molecule has 1 heterocycles. The highest BCUT2D eigenvalue weighted by molar-refractivity contribution is 5.95. The Kier molecular flexibility index (Phi) is 4.83. The van der Waals surface area contributed by atoms with Gasteiger partial charge in [0.2, 0.25) is 0 Å². The molecule has 0 bridgehead atoms. The van der Waals surface area contributed by atoms with Crippen LogP contribution in [0.1, 0.15) is 12.8 Å². The van der Waals surface area contributed by atoms with Gasteiger partial charge in [0.1, 0.15) is 0 Å². The third-order valence-corrected chi connectivity index (χ3v) is 3.18. The highest BCUT2D eigenvalue weighted by atomic mass is 19.4. The number of amides is 2. The molecule has 1 aliphatic rings. The first-order valence-corrected chi connectivity index (χ1v) is 5.91. The Hall–Kier alpha value is -1.69. The van der Waals surface area contributed by atoms with Gasteiger partial charge in [-0.3, -0.25) is 9.59 Å². The fourth-order valence-corrected chi connectivity index (χ4v) is 1.82. The summed E-state index contributed by atoms with van der Waals surface area (Å²) in [5.74, 6) is -18.2. The van der Waals surface area contributed by atoms with E-state index < -0.39 is 48.2 Å². The highest BCUT2D eigenvalue weighted by Gasteiger charge is 2.77. The second kappa shape index (κ2) is 5.74. The monoisotopic (exact) mass is 360 g/mol. The van der Waals surface area contributed by atoms with Crippen LogP contribution in [0.2, 0.25) is 0 Å². The number of hydrogen-bond donors (Lipinski definition) is 2. The summed E-state index contributed by atoms with van der Waals surface area (Å²) >= 11 is 0. The van der Waals surface area contributed by atoms with Gasteiger partial charge in [0.05, 0.1) is 0 Å². The maximum absolute atomic E-state index is 13.1. The minimum atomic E-state index is -6.81. The van der Waals surface area contributed by atoms with E-state index in [4.69, 9.17) is 0 Å². The first-order chi connectivity index (χ1) is 10.2. The molecule has 0 spiro atoms. The van der Waals surface area contributed by atoms with Crippen LogP contribution in [0.5, 0.6) is 0 Å². The van der Waals surface area contributed by atoms with Gasteiger partial charge >= 0.3 is 18.0 Å².